The maximum absolute atomic E-state index is 8.76. The van der Waals surface area contributed by atoms with E-state index in [2.05, 4.69) is 6.07 Å². The van der Waals surface area contributed by atoms with Gasteiger partial charge in [0.15, 0.2) is 0 Å². The number of methoxy groups -OCH3 is 1. The maximum atomic E-state index is 8.76. The van der Waals surface area contributed by atoms with Gasteiger partial charge in [-0.15, -0.1) is 0 Å². The summed E-state index contributed by atoms with van der Waals surface area (Å²) in [5.74, 6) is 0.840. The Bertz CT molecular complexity index is 603. The smallest absolute Gasteiger partial charge is 0.118 e. The third-order valence-corrected chi connectivity index (χ3v) is 3.68. The number of benzene rings is 2. The van der Waals surface area contributed by atoms with Crippen LogP contribution in [0.3, 0.4) is 0 Å². The average Bonchev–Trinajstić information content (AvgIpc) is 2.44. The summed E-state index contributed by atoms with van der Waals surface area (Å²) >= 11 is 1.63. The van der Waals surface area contributed by atoms with Crippen molar-refractivity contribution in [3.63, 3.8) is 0 Å². The summed E-state index contributed by atoms with van der Waals surface area (Å²) in [5, 5.41) is 8.76. The molecule has 2 rings (SSSR count). The van der Waals surface area contributed by atoms with E-state index >= 15 is 0 Å². The Morgan fingerprint density at radius 1 is 1.16 bits per heavy atom. The number of hydrogen-bond acceptors (Lipinski definition) is 4. The van der Waals surface area contributed by atoms with Crippen molar-refractivity contribution in [3.8, 4) is 11.8 Å². The third kappa shape index (κ3) is 3.43. The number of nitriles is 1. The summed E-state index contributed by atoms with van der Waals surface area (Å²) in [6.07, 6.45) is 0.336. The van der Waals surface area contributed by atoms with Gasteiger partial charge in [-0.25, -0.2) is 0 Å². The lowest BCUT2D eigenvalue weighted by Crippen LogP contribution is -1.93. The molecule has 0 fully saturated rings. The van der Waals surface area contributed by atoms with Gasteiger partial charge in [0.1, 0.15) is 5.75 Å². The van der Waals surface area contributed by atoms with Crippen LogP contribution in [0.2, 0.25) is 0 Å². The van der Waals surface area contributed by atoms with E-state index in [0.717, 1.165) is 21.1 Å². The van der Waals surface area contributed by atoms with Crippen LogP contribution in [0.1, 0.15) is 5.56 Å². The Kier molecular flexibility index (Phi) is 4.32. The van der Waals surface area contributed by atoms with Crippen molar-refractivity contribution in [2.45, 2.75) is 16.2 Å². The van der Waals surface area contributed by atoms with E-state index in [-0.39, 0.29) is 0 Å². The minimum absolute atomic E-state index is 0.336. The van der Waals surface area contributed by atoms with Crippen LogP contribution >= 0.6 is 11.8 Å². The summed E-state index contributed by atoms with van der Waals surface area (Å²) in [6.45, 7) is 0. The minimum Gasteiger partial charge on any atom is -0.497 e. The quantitative estimate of drug-likeness (QED) is 0.864. The van der Waals surface area contributed by atoms with E-state index in [1.165, 1.54) is 0 Å². The Balaban J connectivity index is 2.18. The van der Waals surface area contributed by atoms with Crippen LogP contribution < -0.4 is 10.5 Å². The predicted molar refractivity (Wildman–Crippen MR) is 77.3 cm³/mol. The van der Waals surface area contributed by atoms with Gasteiger partial charge >= 0.3 is 0 Å². The molecule has 0 aliphatic rings. The Hall–Kier alpha value is -2.12. The number of anilines is 1. The van der Waals surface area contributed by atoms with Crippen molar-refractivity contribution in [2.75, 3.05) is 12.8 Å². The lowest BCUT2D eigenvalue weighted by molar-refractivity contribution is 0.414. The van der Waals surface area contributed by atoms with Gasteiger partial charge in [0.2, 0.25) is 0 Å². The van der Waals surface area contributed by atoms with Gasteiger partial charge in [0.25, 0.3) is 0 Å². The Morgan fingerprint density at radius 2 is 1.84 bits per heavy atom. The predicted octanol–water partition coefficient (Wildman–Crippen LogP) is 3.49. The monoisotopic (exact) mass is 270 g/mol. The molecule has 4 heteroatoms. The zero-order valence-corrected chi connectivity index (χ0v) is 11.4. The first-order valence-electron chi connectivity index (χ1n) is 5.80. The van der Waals surface area contributed by atoms with Crippen molar-refractivity contribution in [1.29, 1.82) is 5.26 Å². The second kappa shape index (κ2) is 6.17. The average molecular weight is 270 g/mol. The lowest BCUT2D eigenvalue weighted by Gasteiger charge is -2.06. The standard InChI is InChI=1S/C15H14N2OS/c1-18-12-2-4-13(5-3-12)19-14-6-7-15(17)11(10-14)8-9-16/h2-7,10H,8,17H2,1H3. The van der Waals surface area contributed by atoms with Gasteiger partial charge in [0.05, 0.1) is 19.6 Å². The summed E-state index contributed by atoms with van der Waals surface area (Å²) in [5.41, 5.74) is 7.37. The second-order valence-corrected chi connectivity index (χ2v) is 5.12. The van der Waals surface area contributed by atoms with Crippen LogP contribution in [0.25, 0.3) is 0 Å². The molecule has 0 atom stereocenters. The van der Waals surface area contributed by atoms with E-state index in [9.17, 15) is 0 Å². The first-order chi connectivity index (χ1) is 9.22. The molecule has 3 nitrogen and oxygen atoms in total. The highest BCUT2D eigenvalue weighted by atomic mass is 32.2. The van der Waals surface area contributed by atoms with Crippen molar-refractivity contribution in [3.05, 3.63) is 48.0 Å². The van der Waals surface area contributed by atoms with Gasteiger partial charge in [-0.1, -0.05) is 11.8 Å². The summed E-state index contributed by atoms with van der Waals surface area (Å²) in [6, 6.07) is 15.8. The summed E-state index contributed by atoms with van der Waals surface area (Å²) < 4.78 is 5.12. The SMILES string of the molecule is COc1ccc(Sc2ccc(N)c(CC#N)c2)cc1. The summed E-state index contributed by atoms with van der Waals surface area (Å²) in [4.78, 5) is 2.19. The summed E-state index contributed by atoms with van der Waals surface area (Å²) in [7, 11) is 1.65. The molecule has 0 aromatic heterocycles. The lowest BCUT2D eigenvalue weighted by atomic mass is 10.1. The number of rotatable bonds is 4. The molecule has 0 aliphatic heterocycles. The number of ether oxygens (including phenoxy) is 1. The molecule has 0 amide bonds. The van der Waals surface area contributed by atoms with Crippen molar-refractivity contribution in [1.82, 2.24) is 0 Å². The van der Waals surface area contributed by atoms with Gasteiger partial charge in [-0.3, -0.25) is 0 Å². The molecule has 0 saturated carbocycles. The molecular weight excluding hydrogens is 256 g/mol. The van der Waals surface area contributed by atoms with Gasteiger partial charge in [-0.05, 0) is 48.0 Å². The molecule has 2 aromatic carbocycles. The molecule has 19 heavy (non-hydrogen) atoms. The molecule has 0 bridgehead atoms. The van der Waals surface area contributed by atoms with Gasteiger partial charge in [-0.2, -0.15) is 5.26 Å². The molecule has 0 radical (unpaired) electrons. The molecule has 0 spiro atoms. The van der Waals surface area contributed by atoms with E-state index in [0.29, 0.717) is 12.1 Å². The highest BCUT2D eigenvalue weighted by Crippen LogP contribution is 2.31. The molecule has 96 valence electrons. The van der Waals surface area contributed by atoms with Crippen LogP contribution in [0.15, 0.2) is 52.3 Å². The fourth-order valence-electron chi connectivity index (χ4n) is 1.66. The van der Waals surface area contributed by atoms with Crippen LogP contribution in [0.5, 0.6) is 5.75 Å². The number of hydrogen-bond donors (Lipinski definition) is 1. The van der Waals surface area contributed by atoms with Crippen molar-refractivity contribution < 1.29 is 4.74 Å². The molecule has 2 aromatic rings. The van der Waals surface area contributed by atoms with Gasteiger partial charge in [0, 0.05) is 15.5 Å². The minimum atomic E-state index is 0.336. The Labute approximate surface area is 117 Å². The van der Waals surface area contributed by atoms with Crippen LogP contribution in [0.4, 0.5) is 5.69 Å². The number of nitrogen functional groups attached to an aromatic ring is 1. The van der Waals surface area contributed by atoms with Crippen molar-refractivity contribution >= 4 is 17.4 Å². The Morgan fingerprint density at radius 3 is 2.47 bits per heavy atom. The maximum Gasteiger partial charge on any atom is 0.118 e. The molecule has 0 unspecified atom stereocenters. The van der Waals surface area contributed by atoms with Crippen molar-refractivity contribution in [2.24, 2.45) is 0 Å². The van der Waals surface area contributed by atoms with E-state index in [4.69, 9.17) is 15.7 Å². The van der Waals surface area contributed by atoms with E-state index in [1.54, 1.807) is 18.9 Å². The highest BCUT2D eigenvalue weighted by molar-refractivity contribution is 7.99. The van der Waals surface area contributed by atoms with Crippen LogP contribution in [0, 0.1) is 11.3 Å². The molecule has 0 heterocycles. The van der Waals surface area contributed by atoms with E-state index < -0.39 is 0 Å². The van der Waals surface area contributed by atoms with Gasteiger partial charge < -0.3 is 10.5 Å². The van der Waals surface area contributed by atoms with E-state index in [1.807, 2.05) is 42.5 Å². The molecule has 0 aliphatic carbocycles. The fraction of sp³-hybridized carbons (Fsp3) is 0.133. The van der Waals surface area contributed by atoms with Crippen LogP contribution in [-0.4, -0.2) is 7.11 Å². The highest BCUT2D eigenvalue weighted by Gasteiger charge is 2.03. The zero-order chi connectivity index (χ0) is 13.7. The molecular formula is C15H14N2OS. The number of nitrogens with zero attached hydrogens (tertiary/aromatic N) is 1. The topological polar surface area (TPSA) is 59.0 Å². The second-order valence-electron chi connectivity index (χ2n) is 3.97. The third-order valence-electron chi connectivity index (χ3n) is 2.68. The normalized spacial score (nSPS) is 9.89. The van der Waals surface area contributed by atoms with Crippen LogP contribution in [-0.2, 0) is 6.42 Å². The molecule has 2 N–H and O–H groups in total. The largest absolute Gasteiger partial charge is 0.497 e. The number of nitrogens with two attached hydrogens (primary N) is 1. The first-order valence-corrected chi connectivity index (χ1v) is 6.62. The zero-order valence-electron chi connectivity index (χ0n) is 10.6. The first kappa shape index (κ1) is 13.3. The fourth-order valence-corrected chi connectivity index (χ4v) is 2.55. The molecule has 0 saturated heterocycles.